The molecule has 5 heteroatoms. The lowest BCUT2D eigenvalue weighted by atomic mass is 10.2. The molecule has 0 N–H and O–H groups in total. The van der Waals surface area contributed by atoms with Crippen LogP contribution < -0.4 is 14.5 Å². The Balaban J connectivity index is 1.68. The number of para-hydroxylation sites is 4. The van der Waals surface area contributed by atoms with Gasteiger partial charge in [0.25, 0.3) is 11.8 Å². The number of carbonyl (C=O) groups is 2. The first-order valence-electron chi connectivity index (χ1n) is 8.69. The van der Waals surface area contributed by atoms with Gasteiger partial charge in [-0.2, -0.15) is 0 Å². The SMILES string of the molecule is O=C1COc2ccccc2N1CC(=O)N(c1ccccc1)c1ccccc1. The predicted octanol–water partition coefficient (Wildman–Crippen LogP) is 3.78. The molecule has 0 spiro atoms. The van der Waals surface area contributed by atoms with E-state index in [9.17, 15) is 9.59 Å². The molecule has 3 aromatic carbocycles. The highest BCUT2D eigenvalue weighted by Gasteiger charge is 2.29. The summed E-state index contributed by atoms with van der Waals surface area (Å²) in [5.41, 5.74) is 2.12. The zero-order valence-corrected chi connectivity index (χ0v) is 14.6. The molecule has 134 valence electrons. The Morgan fingerprint density at radius 2 is 1.41 bits per heavy atom. The number of amides is 2. The van der Waals surface area contributed by atoms with Crippen molar-refractivity contribution in [2.24, 2.45) is 0 Å². The third-order valence-corrected chi connectivity index (χ3v) is 4.38. The summed E-state index contributed by atoms with van der Waals surface area (Å²) in [6, 6.07) is 26.1. The highest BCUT2D eigenvalue weighted by molar-refractivity contribution is 6.08. The van der Waals surface area contributed by atoms with Crippen LogP contribution in [-0.2, 0) is 9.59 Å². The van der Waals surface area contributed by atoms with E-state index in [1.807, 2.05) is 72.8 Å². The van der Waals surface area contributed by atoms with E-state index in [0.29, 0.717) is 11.4 Å². The third kappa shape index (κ3) is 3.40. The predicted molar refractivity (Wildman–Crippen MR) is 104 cm³/mol. The topological polar surface area (TPSA) is 49.9 Å². The van der Waals surface area contributed by atoms with E-state index >= 15 is 0 Å². The molecule has 27 heavy (non-hydrogen) atoms. The molecule has 1 heterocycles. The molecule has 2 amide bonds. The summed E-state index contributed by atoms with van der Waals surface area (Å²) in [6.07, 6.45) is 0. The molecule has 1 aliphatic heterocycles. The molecular formula is C22H18N2O3. The molecule has 0 fully saturated rings. The lowest BCUT2D eigenvalue weighted by molar-refractivity contribution is -0.124. The smallest absolute Gasteiger partial charge is 0.265 e. The number of benzene rings is 3. The minimum absolute atomic E-state index is 0.0665. The van der Waals surface area contributed by atoms with Gasteiger partial charge in [-0.1, -0.05) is 48.5 Å². The van der Waals surface area contributed by atoms with Gasteiger partial charge in [-0.15, -0.1) is 0 Å². The van der Waals surface area contributed by atoms with Crippen molar-refractivity contribution in [2.75, 3.05) is 23.0 Å². The van der Waals surface area contributed by atoms with Crippen LogP contribution in [-0.4, -0.2) is 25.0 Å². The van der Waals surface area contributed by atoms with E-state index in [2.05, 4.69) is 0 Å². The maximum atomic E-state index is 13.3. The van der Waals surface area contributed by atoms with Crippen molar-refractivity contribution in [1.29, 1.82) is 0 Å². The first-order chi connectivity index (χ1) is 13.2. The second kappa shape index (κ2) is 7.33. The van der Waals surface area contributed by atoms with Gasteiger partial charge in [0, 0.05) is 11.4 Å². The van der Waals surface area contributed by atoms with E-state index in [1.165, 1.54) is 4.90 Å². The summed E-state index contributed by atoms with van der Waals surface area (Å²) >= 11 is 0. The molecule has 0 aromatic heterocycles. The molecule has 4 rings (SSSR count). The van der Waals surface area contributed by atoms with Crippen LogP contribution in [0, 0.1) is 0 Å². The van der Waals surface area contributed by atoms with Crippen molar-refractivity contribution in [3.63, 3.8) is 0 Å². The number of rotatable bonds is 4. The molecule has 0 unspecified atom stereocenters. The molecule has 0 radical (unpaired) electrons. The first-order valence-corrected chi connectivity index (χ1v) is 8.69. The van der Waals surface area contributed by atoms with E-state index in [4.69, 9.17) is 4.74 Å². The Labute approximate surface area is 157 Å². The van der Waals surface area contributed by atoms with Gasteiger partial charge >= 0.3 is 0 Å². The highest BCUT2D eigenvalue weighted by Crippen LogP contribution is 2.32. The van der Waals surface area contributed by atoms with Crippen LogP contribution in [0.1, 0.15) is 0 Å². The fourth-order valence-corrected chi connectivity index (χ4v) is 3.12. The van der Waals surface area contributed by atoms with Crippen LogP contribution in [0.5, 0.6) is 5.75 Å². The number of hydrogen-bond donors (Lipinski definition) is 0. The van der Waals surface area contributed by atoms with Crippen molar-refractivity contribution in [1.82, 2.24) is 0 Å². The van der Waals surface area contributed by atoms with Gasteiger partial charge in [-0.25, -0.2) is 0 Å². The van der Waals surface area contributed by atoms with Crippen LogP contribution in [0.15, 0.2) is 84.9 Å². The van der Waals surface area contributed by atoms with Crippen molar-refractivity contribution in [3.8, 4) is 5.75 Å². The van der Waals surface area contributed by atoms with E-state index < -0.39 is 0 Å². The molecule has 0 atom stereocenters. The fourth-order valence-electron chi connectivity index (χ4n) is 3.12. The van der Waals surface area contributed by atoms with E-state index in [1.54, 1.807) is 17.0 Å². The van der Waals surface area contributed by atoms with Gasteiger partial charge in [0.2, 0.25) is 0 Å². The van der Waals surface area contributed by atoms with Crippen LogP contribution in [0.2, 0.25) is 0 Å². The average molecular weight is 358 g/mol. The number of anilines is 3. The van der Waals surface area contributed by atoms with E-state index in [-0.39, 0.29) is 25.0 Å². The lowest BCUT2D eigenvalue weighted by Crippen LogP contribution is -2.45. The standard InChI is InChI=1S/C22H18N2O3/c25-21(15-23-19-13-7-8-14-20(19)27-16-22(23)26)24(17-9-3-1-4-10-17)18-11-5-2-6-12-18/h1-14H,15-16H2. The maximum absolute atomic E-state index is 13.3. The summed E-state index contributed by atoms with van der Waals surface area (Å²) in [4.78, 5) is 28.8. The zero-order valence-electron chi connectivity index (χ0n) is 14.6. The number of nitrogens with zero attached hydrogens (tertiary/aromatic N) is 2. The normalized spacial score (nSPS) is 12.9. The van der Waals surface area contributed by atoms with Crippen LogP contribution in [0.4, 0.5) is 17.1 Å². The quantitative estimate of drug-likeness (QED) is 0.713. The lowest BCUT2D eigenvalue weighted by Gasteiger charge is -2.31. The summed E-state index contributed by atoms with van der Waals surface area (Å²) in [6.45, 7) is -0.135. The Bertz CT molecular complexity index is 918. The van der Waals surface area contributed by atoms with Crippen LogP contribution in [0.3, 0.4) is 0 Å². The van der Waals surface area contributed by atoms with Crippen molar-refractivity contribution >= 4 is 28.9 Å². The Morgan fingerprint density at radius 1 is 0.852 bits per heavy atom. The second-order valence-corrected chi connectivity index (χ2v) is 6.14. The first kappa shape index (κ1) is 16.8. The molecule has 5 nitrogen and oxygen atoms in total. The van der Waals surface area contributed by atoms with Gasteiger partial charge in [-0.3, -0.25) is 19.4 Å². The molecule has 0 saturated carbocycles. The Hall–Kier alpha value is -3.60. The van der Waals surface area contributed by atoms with Gasteiger partial charge in [0.15, 0.2) is 6.61 Å². The fraction of sp³-hybridized carbons (Fsp3) is 0.0909. The van der Waals surface area contributed by atoms with Crippen molar-refractivity contribution in [3.05, 3.63) is 84.9 Å². The summed E-state index contributed by atoms with van der Waals surface area (Å²) < 4.78 is 5.46. The largest absolute Gasteiger partial charge is 0.482 e. The minimum Gasteiger partial charge on any atom is -0.482 e. The van der Waals surface area contributed by atoms with Gasteiger partial charge in [0.1, 0.15) is 12.3 Å². The third-order valence-electron chi connectivity index (χ3n) is 4.38. The molecule has 1 aliphatic rings. The van der Waals surface area contributed by atoms with Gasteiger partial charge in [-0.05, 0) is 36.4 Å². The minimum atomic E-state index is -0.233. The van der Waals surface area contributed by atoms with Crippen LogP contribution >= 0.6 is 0 Å². The van der Waals surface area contributed by atoms with Gasteiger partial charge < -0.3 is 4.74 Å². The Kier molecular flexibility index (Phi) is 4.58. The maximum Gasteiger partial charge on any atom is 0.265 e. The second-order valence-electron chi connectivity index (χ2n) is 6.14. The summed E-state index contributed by atoms with van der Waals surface area (Å²) in [7, 11) is 0. The summed E-state index contributed by atoms with van der Waals surface area (Å²) in [5, 5.41) is 0. The molecular weight excluding hydrogens is 340 g/mol. The molecule has 0 aliphatic carbocycles. The number of ether oxygens (including phenoxy) is 1. The molecule has 0 bridgehead atoms. The molecule has 0 saturated heterocycles. The highest BCUT2D eigenvalue weighted by atomic mass is 16.5. The monoisotopic (exact) mass is 358 g/mol. The molecule has 3 aromatic rings. The zero-order chi connectivity index (χ0) is 18.6. The van der Waals surface area contributed by atoms with Crippen molar-refractivity contribution in [2.45, 2.75) is 0 Å². The average Bonchev–Trinajstić information content (AvgIpc) is 2.72. The number of hydrogen-bond acceptors (Lipinski definition) is 3. The Morgan fingerprint density at radius 3 is 2.04 bits per heavy atom. The number of fused-ring (bicyclic) bond motifs is 1. The van der Waals surface area contributed by atoms with Gasteiger partial charge in [0.05, 0.1) is 5.69 Å². The number of carbonyl (C=O) groups excluding carboxylic acids is 2. The van der Waals surface area contributed by atoms with E-state index in [0.717, 1.165) is 11.4 Å². The van der Waals surface area contributed by atoms with Crippen molar-refractivity contribution < 1.29 is 14.3 Å². The van der Waals surface area contributed by atoms with Crippen LogP contribution in [0.25, 0.3) is 0 Å². The summed E-state index contributed by atoms with van der Waals surface area (Å²) in [5.74, 6) is 0.177.